The van der Waals surface area contributed by atoms with Crippen LogP contribution in [0.3, 0.4) is 0 Å². The van der Waals surface area contributed by atoms with E-state index in [1.165, 1.54) is 20.3 Å². The molecule has 0 spiro atoms. The minimum absolute atomic E-state index is 0.0601. The van der Waals surface area contributed by atoms with Gasteiger partial charge in [0.25, 0.3) is 5.91 Å². The molecule has 5 atom stereocenters. The summed E-state index contributed by atoms with van der Waals surface area (Å²) in [6.07, 6.45) is 6.59. The van der Waals surface area contributed by atoms with E-state index in [9.17, 15) is 24.9 Å². The average Bonchev–Trinajstić information content (AvgIpc) is 3.03. The molecule has 0 radical (unpaired) electrons. The van der Waals surface area contributed by atoms with Crippen molar-refractivity contribution in [2.75, 3.05) is 37.5 Å². The number of anilines is 2. The normalized spacial score (nSPS) is 24.4. The fraction of sp³-hybridized carbons (Fsp3) is 0.405. The molecule has 47 heavy (non-hydrogen) atoms. The molecular formula is C37H46N2O8. The number of benzene rings is 2. The Morgan fingerprint density at radius 2 is 1.74 bits per heavy atom. The summed E-state index contributed by atoms with van der Waals surface area (Å²) in [5, 5.41) is 36.6. The smallest absolute Gasteiger partial charge is 0.338 e. The van der Waals surface area contributed by atoms with Crippen LogP contribution in [0.25, 0.3) is 6.08 Å². The average molecular weight is 647 g/mol. The Morgan fingerprint density at radius 3 is 2.36 bits per heavy atom. The Hall–Kier alpha value is -4.38. The molecule has 0 aromatic heterocycles. The van der Waals surface area contributed by atoms with Crippen LogP contribution in [0.15, 0.2) is 77.4 Å². The van der Waals surface area contributed by atoms with E-state index in [1.807, 2.05) is 37.8 Å². The number of nitrogens with one attached hydrogen (secondary N) is 1. The van der Waals surface area contributed by atoms with Gasteiger partial charge >= 0.3 is 5.97 Å². The number of phenols is 2. The third-order valence-corrected chi connectivity index (χ3v) is 8.64. The molecule has 4 rings (SSSR count). The number of nitrogens with zero attached hydrogens (tertiary/aromatic N) is 1. The zero-order valence-electron chi connectivity index (χ0n) is 27.9. The van der Waals surface area contributed by atoms with Crippen molar-refractivity contribution in [3.05, 3.63) is 88.5 Å². The quantitative estimate of drug-likeness (QED) is 0.138. The van der Waals surface area contributed by atoms with Crippen molar-refractivity contribution in [3.63, 3.8) is 0 Å². The number of hydrogen-bond acceptors (Lipinski definition) is 9. The van der Waals surface area contributed by atoms with Crippen LogP contribution in [-0.2, 0) is 19.0 Å². The highest BCUT2D eigenvalue weighted by atomic mass is 16.6. The van der Waals surface area contributed by atoms with E-state index in [0.29, 0.717) is 34.4 Å². The van der Waals surface area contributed by atoms with Crippen LogP contribution in [0.1, 0.15) is 56.5 Å². The second-order valence-electron chi connectivity index (χ2n) is 12.2. The number of methoxy groups -OCH3 is 2. The highest BCUT2D eigenvalue weighted by molar-refractivity contribution is 6.05. The first kappa shape index (κ1) is 35.5. The van der Waals surface area contributed by atoms with Gasteiger partial charge in [-0.05, 0) is 57.4 Å². The van der Waals surface area contributed by atoms with E-state index in [1.54, 1.807) is 55.5 Å². The number of hydrogen-bond donors (Lipinski definition) is 4. The van der Waals surface area contributed by atoms with Gasteiger partial charge in [0.05, 0.1) is 29.1 Å². The number of amides is 1. The Morgan fingerprint density at radius 1 is 1.04 bits per heavy atom. The molecule has 252 valence electrons. The van der Waals surface area contributed by atoms with Gasteiger partial charge in [-0.1, -0.05) is 55.0 Å². The molecular weight excluding hydrogens is 600 g/mol. The Bertz CT molecular complexity index is 1560. The Labute approximate surface area is 276 Å². The zero-order valence-corrected chi connectivity index (χ0v) is 27.9. The number of carbonyl (C=O) groups is 2. The van der Waals surface area contributed by atoms with Crippen molar-refractivity contribution in [1.82, 2.24) is 0 Å². The number of esters is 1. The fourth-order valence-corrected chi connectivity index (χ4v) is 5.77. The maximum Gasteiger partial charge on any atom is 0.338 e. The van der Waals surface area contributed by atoms with Gasteiger partial charge in [-0.25, -0.2) is 4.79 Å². The molecule has 0 aliphatic carbocycles. The molecule has 2 aromatic rings. The Kier molecular flexibility index (Phi) is 12.0. The zero-order chi connectivity index (χ0) is 34.2. The monoisotopic (exact) mass is 646 g/mol. The molecule has 1 amide bonds. The number of phenolic OH excluding ortho intramolecular Hbond substituents is 2. The molecule has 0 saturated carbocycles. The topological polar surface area (TPSA) is 138 Å². The van der Waals surface area contributed by atoms with Crippen molar-refractivity contribution in [1.29, 1.82) is 0 Å². The number of aliphatic hydroxyl groups is 1. The molecule has 4 N–H and O–H groups in total. The lowest BCUT2D eigenvalue weighted by Gasteiger charge is -2.35. The third kappa shape index (κ3) is 8.51. The predicted molar refractivity (Wildman–Crippen MR) is 183 cm³/mol. The van der Waals surface area contributed by atoms with Crippen LogP contribution in [0, 0.1) is 5.92 Å². The van der Waals surface area contributed by atoms with E-state index in [0.717, 1.165) is 25.1 Å². The van der Waals surface area contributed by atoms with Crippen LogP contribution in [0.4, 0.5) is 11.4 Å². The van der Waals surface area contributed by atoms with Crippen molar-refractivity contribution in [2.24, 2.45) is 5.92 Å². The molecule has 1 saturated heterocycles. The van der Waals surface area contributed by atoms with E-state index in [-0.39, 0.29) is 17.2 Å². The first-order valence-electron chi connectivity index (χ1n) is 15.8. The SMILES string of the molecule is CO[C@H]1C=CC=C(C)C(=O)Nc2cc(O)c(N3CCC3)c(c2O)C=C(C)C[C@H](OC)[C@H](O)[C@@H](C)C=C(C)[C@@H]1OC(=O)c1ccccc1. The molecule has 2 heterocycles. The number of aromatic hydroxyl groups is 2. The van der Waals surface area contributed by atoms with Gasteiger partial charge in [-0.2, -0.15) is 0 Å². The van der Waals surface area contributed by atoms with E-state index in [2.05, 4.69) is 5.32 Å². The predicted octanol–water partition coefficient (Wildman–Crippen LogP) is 5.75. The highest BCUT2D eigenvalue weighted by Gasteiger charge is 2.30. The standard InChI is InChI=1S/C37H46N2O8/c1-22-18-27-32(39-16-11-17-39)29(40)21-28(34(27)42)38-36(43)23(2)12-10-15-30(45-5)35(47-37(44)26-13-8-7-9-14-26)25(4)20-24(3)33(41)31(19-22)46-6/h7-10,12-15,18,20-21,24,30-31,33,35,40-42H,11,16-17,19H2,1-6H3,(H,38,43)/t24-,30-,31-,33+,35-/m0/s1. The number of fused-ring (bicyclic) bond motifs is 2. The summed E-state index contributed by atoms with van der Waals surface area (Å²) in [4.78, 5) is 28.3. The lowest BCUT2D eigenvalue weighted by Crippen LogP contribution is -2.37. The lowest BCUT2D eigenvalue weighted by atomic mass is 9.91. The van der Waals surface area contributed by atoms with Crippen LogP contribution in [-0.4, -0.2) is 78.9 Å². The molecule has 2 bridgehead atoms. The molecule has 1 fully saturated rings. The van der Waals surface area contributed by atoms with Gasteiger partial charge in [0.15, 0.2) is 6.10 Å². The van der Waals surface area contributed by atoms with Crippen LogP contribution in [0.5, 0.6) is 11.5 Å². The van der Waals surface area contributed by atoms with Crippen molar-refractivity contribution < 1.29 is 39.1 Å². The van der Waals surface area contributed by atoms with E-state index < -0.39 is 42.2 Å². The van der Waals surface area contributed by atoms with Crippen molar-refractivity contribution in [2.45, 2.75) is 65.0 Å². The second-order valence-corrected chi connectivity index (χ2v) is 12.2. The second kappa shape index (κ2) is 15.9. The third-order valence-electron chi connectivity index (χ3n) is 8.64. The lowest BCUT2D eigenvalue weighted by molar-refractivity contribution is -0.112. The maximum atomic E-state index is 13.2. The van der Waals surface area contributed by atoms with Gasteiger partial charge in [-0.15, -0.1) is 0 Å². The van der Waals surface area contributed by atoms with Crippen molar-refractivity contribution >= 4 is 29.3 Å². The molecule has 10 heteroatoms. The van der Waals surface area contributed by atoms with Crippen LogP contribution in [0.2, 0.25) is 0 Å². The molecule has 2 aromatic carbocycles. The van der Waals surface area contributed by atoms with Gasteiger partial charge in [0, 0.05) is 50.4 Å². The Balaban J connectivity index is 1.79. The minimum atomic E-state index is -0.949. The number of rotatable bonds is 5. The number of ether oxygens (including phenoxy) is 3. The summed E-state index contributed by atoms with van der Waals surface area (Å²) < 4.78 is 17.5. The summed E-state index contributed by atoms with van der Waals surface area (Å²) in [6, 6.07) is 9.99. The number of allylic oxidation sites excluding steroid dienone is 2. The van der Waals surface area contributed by atoms with Gasteiger partial charge in [-0.3, -0.25) is 4.79 Å². The first-order valence-corrected chi connectivity index (χ1v) is 15.8. The number of carbonyl (C=O) groups excluding carboxylic acids is 2. The van der Waals surface area contributed by atoms with E-state index >= 15 is 0 Å². The fourth-order valence-electron chi connectivity index (χ4n) is 5.77. The number of aliphatic hydroxyl groups excluding tert-OH is 1. The minimum Gasteiger partial charge on any atom is -0.506 e. The summed E-state index contributed by atoms with van der Waals surface area (Å²) in [6.45, 7) is 8.59. The van der Waals surface area contributed by atoms with Gasteiger partial charge < -0.3 is 39.7 Å². The van der Waals surface area contributed by atoms with E-state index in [4.69, 9.17) is 14.2 Å². The van der Waals surface area contributed by atoms with Gasteiger partial charge in [0.2, 0.25) is 0 Å². The van der Waals surface area contributed by atoms with Crippen LogP contribution < -0.4 is 10.2 Å². The van der Waals surface area contributed by atoms with Gasteiger partial charge in [0.1, 0.15) is 17.6 Å². The first-order chi connectivity index (χ1) is 22.4. The molecule has 2 aliphatic heterocycles. The summed E-state index contributed by atoms with van der Waals surface area (Å²) in [5.74, 6) is -1.69. The molecule has 0 unspecified atom stereocenters. The summed E-state index contributed by atoms with van der Waals surface area (Å²) >= 11 is 0. The largest absolute Gasteiger partial charge is 0.506 e. The summed E-state index contributed by atoms with van der Waals surface area (Å²) in [7, 11) is 3.02. The molecule has 2 aliphatic rings. The van der Waals surface area contributed by atoms with Crippen LogP contribution >= 0.6 is 0 Å². The van der Waals surface area contributed by atoms with Crippen molar-refractivity contribution in [3.8, 4) is 11.5 Å². The molecule has 10 nitrogen and oxygen atoms in total. The maximum absolute atomic E-state index is 13.2. The summed E-state index contributed by atoms with van der Waals surface area (Å²) in [5.41, 5.74) is 3.05. The highest BCUT2D eigenvalue weighted by Crippen LogP contribution is 2.45.